The molecule has 2 aromatic rings. The van der Waals surface area contributed by atoms with Crippen molar-refractivity contribution in [3.05, 3.63) is 51.5 Å². The van der Waals surface area contributed by atoms with Crippen LogP contribution in [-0.4, -0.2) is 13.5 Å². The molecule has 0 bridgehead atoms. The molecule has 0 aliphatic heterocycles. The first kappa shape index (κ1) is 15.9. The number of hydrogen-bond donors (Lipinski definition) is 2. The van der Waals surface area contributed by atoms with E-state index >= 15 is 0 Å². The van der Waals surface area contributed by atoms with Gasteiger partial charge in [-0.1, -0.05) is 41.4 Å². The van der Waals surface area contributed by atoms with Gasteiger partial charge in [-0.05, 0) is 31.5 Å². The highest BCUT2D eigenvalue weighted by molar-refractivity contribution is 7.92. The SMILES string of the molecule is Cc1c(O)c(Cl)c(C)c(NS(=O)(=O)c2ccccc2)c1Cl. The molecular formula is C14H13Cl2NO3S. The molecule has 2 rings (SSSR count). The largest absolute Gasteiger partial charge is 0.506 e. The summed E-state index contributed by atoms with van der Waals surface area (Å²) in [5.41, 5.74) is 0.850. The van der Waals surface area contributed by atoms with Crippen LogP contribution >= 0.6 is 23.2 Å². The molecule has 0 atom stereocenters. The van der Waals surface area contributed by atoms with Crippen molar-refractivity contribution in [2.24, 2.45) is 0 Å². The van der Waals surface area contributed by atoms with Gasteiger partial charge in [-0.2, -0.15) is 0 Å². The van der Waals surface area contributed by atoms with Gasteiger partial charge in [-0.15, -0.1) is 0 Å². The number of hydrogen-bond acceptors (Lipinski definition) is 3. The van der Waals surface area contributed by atoms with Crippen molar-refractivity contribution in [3.8, 4) is 5.75 Å². The van der Waals surface area contributed by atoms with E-state index in [4.69, 9.17) is 23.2 Å². The van der Waals surface area contributed by atoms with Gasteiger partial charge in [0.05, 0.1) is 20.6 Å². The smallest absolute Gasteiger partial charge is 0.261 e. The molecule has 4 nitrogen and oxygen atoms in total. The number of sulfonamides is 1. The first-order valence-electron chi connectivity index (χ1n) is 6.00. The molecule has 0 spiro atoms. The maximum absolute atomic E-state index is 12.3. The molecule has 0 aliphatic rings. The second kappa shape index (κ2) is 5.75. The fourth-order valence-corrected chi connectivity index (χ4v) is 3.55. The quantitative estimate of drug-likeness (QED) is 0.822. The minimum Gasteiger partial charge on any atom is -0.506 e. The van der Waals surface area contributed by atoms with Crippen LogP contribution in [0.25, 0.3) is 0 Å². The Kier molecular flexibility index (Phi) is 4.37. The number of phenolic OH excluding ortho intramolecular Hbond substituents is 1. The third-order valence-corrected chi connectivity index (χ3v) is 5.41. The Morgan fingerprint density at radius 1 is 1.00 bits per heavy atom. The molecule has 2 N–H and O–H groups in total. The minimum absolute atomic E-state index is 0.0719. The van der Waals surface area contributed by atoms with Gasteiger partial charge >= 0.3 is 0 Å². The van der Waals surface area contributed by atoms with Crippen molar-refractivity contribution in [1.29, 1.82) is 0 Å². The Balaban J connectivity index is 2.55. The van der Waals surface area contributed by atoms with E-state index < -0.39 is 10.0 Å². The van der Waals surface area contributed by atoms with Gasteiger partial charge in [0.25, 0.3) is 10.0 Å². The number of anilines is 1. The Morgan fingerprint density at radius 3 is 2.14 bits per heavy atom. The molecule has 21 heavy (non-hydrogen) atoms. The summed E-state index contributed by atoms with van der Waals surface area (Å²) >= 11 is 12.1. The summed E-state index contributed by atoms with van der Waals surface area (Å²) in [6.45, 7) is 3.14. The average Bonchev–Trinajstić information content (AvgIpc) is 2.48. The Hall–Kier alpha value is -1.43. The Morgan fingerprint density at radius 2 is 1.57 bits per heavy atom. The molecule has 0 saturated carbocycles. The molecule has 0 aromatic heterocycles. The minimum atomic E-state index is -3.78. The zero-order valence-corrected chi connectivity index (χ0v) is 13.6. The molecule has 0 unspecified atom stereocenters. The second-order valence-corrected chi connectivity index (χ2v) is 6.96. The van der Waals surface area contributed by atoms with Crippen LogP contribution in [0.4, 0.5) is 5.69 Å². The molecule has 0 heterocycles. The van der Waals surface area contributed by atoms with Gasteiger partial charge in [0, 0.05) is 5.56 Å². The molecule has 0 fully saturated rings. The summed E-state index contributed by atoms with van der Waals surface area (Å²) in [5, 5.41) is 10.0. The monoisotopic (exact) mass is 345 g/mol. The van der Waals surface area contributed by atoms with E-state index in [1.54, 1.807) is 32.0 Å². The van der Waals surface area contributed by atoms with E-state index in [9.17, 15) is 13.5 Å². The highest BCUT2D eigenvalue weighted by Crippen LogP contribution is 2.42. The standard InChI is InChI=1S/C14H13Cl2NO3S/c1-8-12(16)14(18)9(2)11(15)13(8)17-21(19,20)10-6-4-3-5-7-10/h3-7,17-18H,1-2H3. The maximum atomic E-state index is 12.3. The van der Waals surface area contributed by atoms with E-state index in [1.807, 2.05) is 0 Å². The topological polar surface area (TPSA) is 66.4 Å². The van der Waals surface area contributed by atoms with Crippen LogP contribution in [0, 0.1) is 13.8 Å². The number of rotatable bonds is 3. The van der Waals surface area contributed by atoms with Crippen LogP contribution in [0.3, 0.4) is 0 Å². The van der Waals surface area contributed by atoms with Crippen LogP contribution in [0.2, 0.25) is 10.0 Å². The number of aromatic hydroxyl groups is 1. The highest BCUT2D eigenvalue weighted by Gasteiger charge is 2.22. The fourth-order valence-electron chi connectivity index (χ4n) is 1.82. The summed E-state index contributed by atoms with van der Waals surface area (Å²) in [6.07, 6.45) is 0. The van der Waals surface area contributed by atoms with Gasteiger partial charge in [0.1, 0.15) is 5.75 Å². The van der Waals surface area contributed by atoms with Gasteiger partial charge in [-0.3, -0.25) is 4.72 Å². The van der Waals surface area contributed by atoms with E-state index in [0.717, 1.165) is 0 Å². The second-order valence-electron chi connectivity index (χ2n) is 4.52. The van der Waals surface area contributed by atoms with Crippen molar-refractivity contribution in [2.75, 3.05) is 4.72 Å². The summed E-state index contributed by atoms with van der Waals surface area (Å²) in [5.74, 6) is -0.151. The van der Waals surface area contributed by atoms with Crippen LogP contribution in [0.15, 0.2) is 35.2 Å². The lowest BCUT2D eigenvalue weighted by molar-refractivity contribution is 0.471. The predicted molar refractivity (Wildman–Crippen MR) is 84.9 cm³/mol. The third kappa shape index (κ3) is 2.95. The normalized spacial score (nSPS) is 11.4. The van der Waals surface area contributed by atoms with Gasteiger partial charge in [-0.25, -0.2) is 8.42 Å². The molecular weight excluding hydrogens is 333 g/mol. The molecule has 0 amide bonds. The van der Waals surface area contributed by atoms with Crippen molar-refractivity contribution in [1.82, 2.24) is 0 Å². The average molecular weight is 346 g/mol. The number of halogens is 2. The Bertz CT molecular complexity index is 761. The molecule has 112 valence electrons. The first-order valence-corrected chi connectivity index (χ1v) is 8.24. The van der Waals surface area contributed by atoms with Crippen molar-refractivity contribution < 1.29 is 13.5 Å². The zero-order chi connectivity index (χ0) is 15.8. The van der Waals surface area contributed by atoms with E-state index in [0.29, 0.717) is 11.1 Å². The fraction of sp³-hybridized carbons (Fsp3) is 0.143. The number of nitrogens with one attached hydrogen (secondary N) is 1. The Labute approximate surface area is 133 Å². The number of phenols is 1. The summed E-state index contributed by atoms with van der Waals surface area (Å²) < 4.78 is 27.1. The number of benzene rings is 2. The van der Waals surface area contributed by atoms with E-state index in [-0.39, 0.29) is 26.4 Å². The van der Waals surface area contributed by atoms with E-state index in [1.165, 1.54) is 12.1 Å². The molecule has 2 aromatic carbocycles. The van der Waals surface area contributed by atoms with Crippen LogP contribution < -0.4 is 4.72 Å². The molecule has 0 aliphatic carbocycles. The zero-order valence-electron chi connectivity index (χ0n) is 11.3. The van der Waals surface area contributed by atoms with Crippen LogP contribution in [-0.2, 0) is 10.0 Å². The van der Waals surface area contributed by atoms with E-state index in [2.05, 4.69) is 4.72 Å². The lowest BCUT2D eigenvalue weighted by Crippen LogP contribution is -2.14. The highest BCUT2D eigenvalue weighted by atomic mass is 35.5. The molecule has 7 heteroatoms. The molecule has 0 saturated heterocycles. The lowest BCUT2D eigenvalue weighted by Gasteiger charge is -2.16. The van der Waals surface area contributed by atoms with Gasteiger partial charge in [0.2, 0.25) is 0 Å². The van der Waals surface area contributed by atoms with Crippen LogP contribution in [0.5, 0.6) is 5.75 Å². The van der Waals surface area contributed by atoms with Crippen molar-refractivity contribution >= 4 is 38.9 Å². The van der Waals surface area contributed by atoms with Gasteiger partial charge < -0.3 is 5.11 Å². The first-order chi connectivity index (χ1) is 9.75. The lowest BCUT2D eigenvalue weighted by atomic mass is 10.1. The van der Waals surface area contributed by atoms with Crippen molar-refractivity contribution in [3.63, 3.8) is 0 Å². The van der Waals surface area contributed by atoms with Crippen LogP contribution in [0.1, 0.15) is 11.1 Å². The van der Waals surface area contributed by atoms with Crippen molar-refractivity contribution in [2.45, 2.75) is 18.7 Å². The predicted octanol–water partition coefficient (Wildman–Crippen LogP) is 4.12. The van der Waals surface area contributed by atoms with Gasteiger partial charge in [0.15, 0.2) is 0 Å². The maximum Gasteiger partial charge on any atom is 0.261 e. The third-order valence-electron chi connectivity index (χ3n) is 3.11. The summed E-state index contributed by atoms with van der Waals surface area (Å²) in [4.78, 5) is 0.113. The molecule has 0 radical (unpaired) electrons. The summed E-state index contributed by atoms with van der Waals surface area (Å²) in [7, 11) is -3.78. The summed E-state index contributed by atoms with van der Waals surface area (Å²) in [6, 6.07) is 7.91.